The summed E-state index contributed by atoms with van der Waals surface area (Å²) in [5, 5.41) is 3.74. The quantitative estimate of drug-likeness (QED) is 0.559. The summed E-state index contributed by atoms with van der Waals surface area (Å²) in [6.45, 7) is 5.00. The highest BCUT2D eigenvalue weighted by molar-refractivity contribution is 6.36. The number of hydrogen-bond donors (Lipinski definition) is 0. The highest BCUT2D eigenvalue weighted by Crippen LogP contribution is 2.25. The van der Waals surface area contributed by atoms with Crippen molar-refractivity contribution in [2.24, 2.45) is 12.2 Å². The molecule has 1 atom stereocenters. The number of esters is 1. The molecule has 0 spiro atoms. The molecular weight excluding hydrogens is 262 g/mol. The summed E-state index contributed by atoms with van der Waals surface area (Å²) in [5.74, 6) is -1.34. The maximum absolute atomic E-state index is 11.5. The second-order valence-electron chi connectivity index (χ2n) is 4.83. The molecule has 20 heavy (non-hydrogen) atoms. The van der Waals surface area contributed by atoms with Crippen LogP contribution in [0.25, 0.3) is 0 Å². The lowest BCUT2D eigenvalue weighted by Gasteiger charge is -2.21. The number of rotatable bonds is 6. The van der Waals surface area contributed by atoms with Crippen LogP contribution < -0.4 is 4.57 Å². The SMILES string of the molecule is CCOC(=O)C1=NOC(C)(OCCn2cc[n+](C)c2)C1. The minimum Gasteiger partial charge on any atom is -0.461 e. The fourth-order valence-electron chi connectivity index (χ4n) is 1.92. The van der Waals surface area contributed by atoms with Gasteiger partial charge in [0.15, 0.2) is 5.71 Å². The van der Waals surface area contributed by atoms with E-state index in [9.17, 15) is 4.79 Å². The van der Waals surface area contributed by atoms with Crippen LogP contribution in [0.15, 0.2) is 23.9 Å². The Bertz CT molecular complexity index is 511. The van der Waals surface area contributed by atoms with E-state index in [4.69, 9.17) is 14.3 Å². The van der Waals surface area contributed by atoms with E-state index in [1.807, 2.05) is 34.9 Å². The van der Waals surface area contributed by atoms with Gasteiger partial charge in [-0.2, -0.15) is 0 Å². The monoisotopic (exact) mass is 282 g/mol. The van der Waals surface area contributed by atoms with Crippen LogP contribution in [0, 0.1) is 0 Å². The Morgan fingerprint density at radius 3 is 3.10 bits per heavy atom. The number of carbonyl (C=O) groups excluding carboxylic acids is 1. The van der Waals surface area contributed by atoms with Gasteiger partial charge in [0, 0.05) is 6.92 Å². The Morgan fingerprint density at radius 1 is 1.65 bits per heavy atom. The molecule has 7 heteroatoms. The maximum Gasteiger partial charge on any atom is 0.356 e. The standard InChI is InChI=1S/C13H20N3O4/c1-4-18-12(17)11-9-13(2,20-14-11)19-8-7-16-6-5-15(3)10-16/h5-6,10H,4,7-9H2,1-3H3/q+1. The van der Waals surface area contributed by atoms with E-state index in [1.54, 1.807) is 13.8 Å². The first-order valence-corrected chi connectivity index (χ1v) is 6.59. The van der Waals surface area contributed by atoms with Crippen molar-refractivity contribution in [1.29, 1.82) is 0 Å². The molecule has 1 aromatic rings. The van der Waals surface area contributed by atoms with Crippen molar-refractivity contribution >= 4 is 11.7 Å². The Morgan fingerprint density at radius 2 is 2.45 bits per heavy atom. The summed E-state index contributed by atoms with van der Waals surface area (Å²) in [6.07, 6.45) is 6.17. The molecule has 1 aliphatic rings. The van der Waals surface area contributed by atoms with Crippen LogP contribution in [0.2, 0.25) is 0 Å². The van der Waals surface area contributed by atoms with Crippen molar-refractivity contribution in [3.05, 3.63) is 18.7 Å². The third-order valence-corrected chi connectivity index (χ3v) is 2.93. The summed E-state index contributed by atoms with van der Waals surface area (Å²) >= 11 is 0. The molecule has 1 aliphatic heterocycles. The van der Waals surface area contributed by atoms with Crippen LogP contribution in [0.5, 0.6) is 0 Å². The fourth-order valence-corrected chi connectivity index (χ4v) is 1.92. The average Bonchev–Trinajstić information content (AvgIpc) is 2.97. The Labute approximate surface area is 117 Å². The first-order chi connectivity index (χ1) is 9.52. The Hall–Kier alpha value is -1.89. The van der Waals surface area contributed by atoms with E-state index < -0.39 is 11.8 Å². The third kappa shape index (κ3) is 3.57. The predicted octanol–water partition coefficient (Wildman–Crippen LogP) is 0.385. The molecule has 110 valence electrons. The van der Waals surface area contributed by atoms with Gasteiger partial charge in [0.25, 0.3) is 0 Å². The van der Waals surface area contributed by atoms with Crippen LogP contribution in [0.3, 0.4) is 0 Å². The van der Waals surface area contributed by atoms with Gasteiger partial charge in [0.05, 0.1) is 26.7 Å². The molecule has 2 heterocycles. The van der Waals surface area contributed by atoms with Gasteiger partial charge < -0.3 is 14.3 Å². The molecule has 0 N–H and O–H groups in total. The molecule has 0 radical (unpaired) electrons. The molecule has 0 saturated heterocycles. The molecule has 0 amide bonds. The Balaban J connectivity index is 1.78. The molecule has 7 nitrogen and oxygen atoms in total. The third-order valence-electron chi connectivity index (χ3n) is 2.93. The number of aryl methyl sites for hydroxylation is 1. The molecule has 1 aromatic heterocycles. The maximum atomic E-state index is 11.5. The molecular formula is C13H20N3O4+. The van der Waals surface area contributed by atoms with Gasteiger partial charge in [-0.25, -0.2) is 13.9 Å². The first-order valence-electron chi connectivity index (χ1n) is 6.59. The smallest absolute Gasteiger partial charge is 0.356 e. The summed E-state index contributed by atoms with van der Waals surface area (Å²) in [7, 11) is 1.96. The van der Waals surface area contributed by atoms with Crippen molar-refractivity contribution in [3.8, 4) is 0 Å². The van der Waals surface area contributed by atoms with Crippen molar-refractivity contribution in [3.63, 3.8) is 0 Å². The van der Waals surface area contributed by atoms with E-state index in [-0.39, 0.29) is 5.71 Å². The number of hydrogen-bond acceptors (Lipinski definition) is 5. The van der Waals surface area contributed by atoms with Gasteiger partial charge in [-0.15, -0.1) is 0 Å². The van der Waals surface area contributed by atoms with Gasteiger partial charge >= 0.3 is 5.97 Å². The number of aromatic nitrogens is 2. The normalized spacial score (nSPS) is 21.4. The largest absolute Gasteiger partial charge is 0.461 e. The molecule has 0 bridgehead atoms. The summed E-state index contributed by atoms with van der Waals surface area (Å²) < 4.78 is 14.5. The van der Waals surface area contributed by atoms with Gasteiger partial charge in [-0.05, 0) is 6.92 Å². The molecule has 0 saturated carbocycles. The van der Waals surface area contributed by atoms with Crippen LogP contribution >= 0.6 is 0 Å². The molecule has 2 rings (SSSR count). The number of oxime groups is 1. The second-order valence-corrected chi connectivity index (χ2v) is 4.83. The van der Waals surface area contributed by atoms with E-state index in [2.05, 4.69) is 5.16 Å². The zero-order chi connectivity index (χ0) is 14.6. The topological polar surface area (TPSA) is 65.9 Å². The van der Waals surface area contributed by atoms with Gasteiger partial charge in [0.1, 0.15) is 18.9 Å². The predicted molar refractivity (Wildman–Crippen MR) is 69.7 cm³/mol. The summed E-state index contributed by atoms with van der Waals surface area (Å²) in [6, 6.07) is 0. The van der Waals surface area contributed by atoms with Crippen molar-refractivity contribution in [1.82, 2.24) is 4.57 Å². The van der Waals surface area contributed by atoms with E-state index in [1.165, 1.54) is 0 Å². The lowest BCUT2D eigenvalue weighted by molar-refractivity contribution is -0.671. The molecule has 1 unspecified atom stereocenters. The lowest BCUT2D eigenvalue weighted by Crippen LogP contribution is -2.32. The van der Waals surface area contributed by atoms with Crippen LogP contribution in [0.1, 0.15) is 20.3 Å². The second kappa shape index (κ2) is 6.04. The molecule has 0 fully saturated rings. The first kappa shape index (κ1) is 14.5. The Kier molecular flexibility index (Phi) is 4.39. The van der Waals surface area contributed by atoms with E-state index in [0.717, 1.165) is 0 Å². The van der Waals surface area contributed by atoms with Crippen molar-refractivity contribution < 1.29 is 23.7 Å². The van der Waals surface area contributed by atoms with E-state index >= 15 is 0 Å². The van der Waals surface area contributed by atoms with Crippen molar-refractivity contribution in [2.75, 3.05) is 13.2 Å². The summed E-state index contributed by atoms with van der Waals surface area (Å²) in [4.78, 5) is 16.7. The fraction of sp³-hybridized carbons (Fsp3) is 0.615. The zero-order valence-electron chi connectivity index (χ0n) is 12.0. The number of carbonyl (C=O) groups is 1. The summed E-state index contributed by atoms with van der Waals surface area (Å²) in [5.41, 5.74) is 0.265. The minimum atomic E-state index is -0.891. The van der Waals surface area contributed by atoms with Gasteiger partial charge in [0.2, 0.25) is 12.1 Å². The van der Waals surface area contributed by atoms with Crippen molar-refractivity contribution in [2.45, 2.75) is 32.6 Å². The molecule has 0 aliphatic carbocycles. The average molecular weight is 282 g/mol. The zero-order valence-corrected chi connectivity index (χ0v) is 12.0. The highest BCUT2D eigenvalue weighted by Gasteiger charge is 2.38. The minimum absolute atomic E-state index is 0.265. The van der Waals surface area contributed by atoms with Gasteiger partial charge in [-0.1, -0.05) is 5.16 Å². The number of nitrogens with zero attached hydrogens (tertiary/aromatic N) is 3. The van der Waals surface area contributed by atoms with Gasteiger partial charge in [-0.3, -0.25) is 0 Å². The highest BCUT2D eigenvalue weighted by atomic mass is 16.8. The van der Waals surface area contributed by atoms with E-state index in [0.29, 0.717) is 26.2 Å². The lowest BCUT2D eigenvalue weighted by atomic mass is 10.1. The number of ether oxygens (including phenoxy) is 2. The van der Waals surface area contributed by atoms with Crippen LogP contribution in [-0.2, 0) is 32.7 Å². The molecule has 0 aromatic carbocycles. The van der Waals surface area contributed by atoms with Crippen LogP contribution in [-0.4, -0.2) is 35.2 Å². The van der Waals surface area contributed by atoms with Crippen LogP contribution in [0.4, 0.5) is 0 Å². The number of imidazole rings is 1.